The topological polar surface area (TPSA) is 74.7 Å². The molecule has 2 atom stereocenters. The molecule has 0 bridgehead atoms. The molecule has 0 amide bonds. The third kappa shape index (κ3) is 2.71. The average Bonchev–Trinajstić information content (AvgIpc) is 2.63. The van der Waals surface area contributed by atoms with Crippen molar-refractivity contribution in [3.8, 4) is 0 Å². The first kappa shape index (κ1) is 14.2. The van der Waals surface area contributed by atoms with Crippen molar-refractivity contribution in [1.82, 2.24) is 4.31 Å². The molecule has 0 aromatic heterocycles. The minimum Gasteiger partial charge on any atom is -0.480 e. The van der Waals surface area contributed by atoms with Gasteiger partial charge >= 0.3 is 12.1 Å². The second-order valence-electron chi connectivity index (χ2n) is 3.84. The number of halogens is 3. The number of alkyl halides is 3. The van der Waals surface area contributed by atoms with Crippen molar-refractivity contribution in [2.75, 3.05) is 6.54 Å². The molecule has 17 heavy (non-hydrogen) atoms. The fraction of sp³-hybridized carbons (Fsp3) is 0.875. The first-order valence-corrected chi connectivity index (χ1v) is 6.39. The first-order chi connectivity index (χ1) is 7.58. The molecule has 0 aliphatic carbocycles. The van der Waals surface area contributed by atoms with E-state index in [1.807, 2.05) is 0 Å². The summed E-state index contributed by atoms with van der Waals surface area (Å²) in [6, 6.07) is -1.38. The fourth-order valence-electron chi connectivity index (χ4n) is 1.66. The van der Waals surface area contributed by atoms with Gasteiger partial charge in [-0.25, -0.2) is 8.42 Å². The van der Waals surface area contributed by atoms with Gasteiger partial charge in [0.2, 0.25) is 10.0 Å². The molecule has 1 saturated heterocycles. The predicted octanol–water partition coefficient (Wildman–Crippen LogP) is 0.816. The molecule has 1 N–H and O–H groups in total. The van der Waals surface area contributed by atoms with E-state index in [4.69, 9.17) is 5.11 Å². The summed E-state index contributed by atoms with van der Waals surface area (Å²) in [4.78, 5) is 10.7. The summed E-state index contributed by atoms with van der Waals surface area (Å²) >= 11 is 0. The van der Waals surface area contributed by atoms with Crippen molar-refractivity contribution in [2.45, 2.75) is 37.2 Å². The van der Waals surface area contributed by atoms with Crippen LogP contribution in [0.1, 0.15) is 19.8 Å². The van der Waals surface area contributed by atoms with E-state index in [-0.39, 0.29) is 19.4 Å². The third-order valence-corrected chi connectivity index (χ3v) is 4.97. The van der Waals surface area contributed by atoms with Crippen LogP contribution in [0.4, 0.5) is 13.2 Å². The number of aliphatic carboxylic acids is 1. The average molecular weight is 275 g/mol. The second-order valence-corrected chi connectivity index (χ2v) is 6.04. The molecule has 0 saturated carbocycles. The molecule has 5 nitrogen and oxygen atoms in total. The smallest absolute Gasteiger partial charge is 0.406 e. The molecule has 9 heteroatoms. The Hall–Kier alpha value is -0.830. The van der Waals surface area contributed by atoms with Gasteiger partial charge in [0.1, 0.15) is 6.04 Å². The van der Waals surface area contributed by atoms with Crippen LogP contribution in [0.5, 0.6) is 0 Å². The monoisotopic (exact) mass is 275 g/mol. The van der Waals surface area contributed by atoms with Crippen molar-refractivity contribution in [1.29, 1.82) is 0 Å². The molecule has 0 aromatic rings. The van der Waals surface area contributed by atoms with E-state index in [1.54, 1.807) is 0 Å². The lowest BCUT2D eigenvalue weighted by Gasteiger charge is -2.25. The summed E-state index contributed by atoms with van der Waals surface area (Å²) in [6.45, 7) is 0.340. The maximum absolute atomic E-state index is 12.4. The summed E-state index contributed by atoms with van der Waals surface area (Å²) in [5, 5.41) is 6.16. The lowest BCUT2D eigenvalue weighted by molar-refractivity contribution is -0.141. The quantitative estimate of drug-likeness (QED) is 0.827. The van der Waals surface area contributed by atoms with Gasteiger partial charge in [-0.2, -0.15) is 17.5 Å². The van der Waals surface area contributed by atoms with E-state index in [0.717, 1.165) is 0 Å². The van der Waals surface area contributed by atoms with Crippen LogP contribution in [0.3, 0.4) is 0 Å². The van der Waals surface area contributed by atoms with Gasteiger partial charge in [0, 0.05) is 6.54 Å². The summed E-state index contributed by atoms with van der Waals surface area (Å²) in [5.41, 5.74) is 0. The van der Waals surface area contributed by atoms with Crippen molar-refractivity contribution in [3.63, 3.8) is 0 Å². The summed E-state index contributed by atoms with van der Waals surface area (Å²) in [5.74, 6) is -1.42. The Morgan fingerprint density at radius 2 is 2.00 bits per heavy atom. The van der Waals surface area contributed by atoms with Crippen LogP contribution < -0.4 is 0 Å². The van der Waals surface area contributed by atoms with Gasteiger partial charge in [-0.05, 0) is 19.8 Å². The van der Waals surface area contributed by atoms with Gasteiger partial charge in [-0.3, -0.25) is 4.79 Å². The molecule has 0 radical (unpaired) electrons. The van der Waals surface area contributed by atoms with Crippen LogP contribution in [0.2, 0.25) is 0 Å². The zero-order chi connectivity index (χ0) is 13.4. The third-order valence-electron chi connectivity index (χ3n) is 2.72. The lowest BCUT2D eigenvalue weighted by atomic mass is 10.2. The number of nitrogens with zero attached hydrogens (tertiary/aromatic N) is 1. The molecule has 1 heterocycles. The number of rotatable bonds is 3. The fourth-order valence-corrected chi connectivity index (χ4v) is 3.34. The molecule has 0 spiro atoms. The molecule has 1 unspecified atom stereocenters. The highest BCUT2D eigenvalue weighted by atomic mass is 32.2. The molecular weight excluding hydrogens is 263 g/mol. The van der Waals surface area contributed by atoms with Gasteiger partial charge < -0.3 is 5.11 Å². The molecule has 1 fully saturated rings. The highest BCUT2D eigenvalue weighted by Crippen LogP contribution is 2.31. The van der Waals surface area contributed by atoms with Gasteiger partial charge in [0.25, 0.3) is 0 Å². The Morgan fingerprint density at radius 3 is 2.41 bits per heavy atom. The number of carbonyl (C=O) groups is 1. The number of carboxylic acids is 1. The molecule has 1 rings (SSSR count). The minimum atomic E-state index is -4.90. The lowest BCUT2D eigenvalue weighted by Crippen LogP contribution is -2.48. The van der Waals surface area contributed by atoms with Gasteiger partial charge in [-0.1, -0.05) is 0 Å². The second kappa shape index (κ2) is 4.45. The van der Waals surface area contributed by atoms with E-state index in [2.05, 4.69) is 0 Å². The minimum absolute atomic E-state index is 0.0408. The van der Waals surface area contributed by atoms with Crippen LogP contribution in [-0.4, -0.2) is 47.8 Å². The van der Waals surface area contributed by atoms with Crippen LogP contribution in [0, 0.1) is 0 Å². The molecular formula is C8H12F3NO4S. The molecule has 0 aromatic carbocycles. The summed E-state index contributed by atoms with van der Waals surface area (Å²) < 4.78 is 60.8. The van der Waals surface area contributed by atoms with E-state index in [1.165, 1.54) is 0 Å². The Balaban J connectivity index is 3.02. The summed E-state index contributed by atoms with van der Waals surface area (Å²) in [7, 11) is -4.66. The Morgan fingerprint density at radius 1 is 1.47 bits per heavy atom. The van der Waals surface area contributed by atoms with E-state index in [0.29, 0.717) is 11.2 Å². The highest BCUT2D eigenvalue weighted by Gasteiger charge is 2.51. The van der Waals surface area contributed by atoms with Crippen molar-refractivity contribution in [2.24, 2.45) is 0 Å². The Labute approximate surface area is 96.3 Å². The van der Waals surface area contributed by atoms with E-state index in [9.17, 15) is 26.4 Å². The molecule has 1 aliphatic rings. The summed E-state index contributed by atoms with van der Waals surface area (Å²) in [6.07, 6.45) is -4.61. The molecule has 100 valence electrons. The maximum atomic E-state index is 12.4. The SMILES string of the molecule is CC(C(F)(F)F)S(=O)(=O)N1CCC[C@H]1C(=O)O. The number of hydrogen-bond donors (Lipinski definition) is 1. The van der Waals surface area contributed by atoms with Crippen molar-refractivity contribution in [3.05, 3.63) is 0 Å². The Kier molecular flexibility index (Phi) is 3.72. The van der Waals surface area contributed by atoms with Gasteiger partial charge in [-0.15, -0.1) is 0 Å². The van der Waals surface area contributed by atoms with Gasteiger partial charge in [0.15, 0.2) is 5.25 Å². The molecule has 1 aliphatic heterocycles. The van der Waals surface area contributed by atoms with E-state index < -0.39 is 33.5 Å². The van der Waals surface area contributed by atoms with E-state index >= 15 is 0 Å². The highest BCUT2D eigenvalue weighted by molar-refractivity contribution is 7.89. The number of sulfonamides is 1. The predicted molar refractivity (Wildman–Crippen MR) is 51.8 cm³/mol. The number of hydrogen-bond acceptors (Lipinski definition) is 3. The van der Waals surface area contributed by atoms with Crippen LogP contribution >= 0.6 is 0 Å². The first-order valence-electron chi connectivity index (χ1n) is 4.88. The standard InChI is InChI=1S/C8H12F3NO4S/c1-5(8(9,10)11)17(15,16)12-4-2-3-6(12)7(13)14/h5-6H,2-4H2,1H3,(H,13,14)/t5?,6-/m0/s1. The van der Waals surface area contributed by atoms with Crippen LogP contribution in [-0.2, 0) is 14.8 Å². The Bertz CT molecular complexity index is 405. The number of carboxylic acid groups (broad SMARTS) is 1. The van der Waals surface area contributed by atoms with Gasteiger partial charge in [0.05, 0.1) is 0 Å². The van der Waals surface area contributed by atoms with Crippen molar-refractivity contribution < 1.29 is 31.5 Å². The zero-order valence-electron chi connectivity index (χ0n) is 8.94. The van der Waals surface area contributed by atoms with Crippen LogP contribution in [0.25, 0.3) is 0 Å². The largest absolute Gasteiger partial charge is 0.480 e. The normalized spacial score (nSPS) is 24.8. The zero-order valence-corrected chi connectivity index (χ0v) is 9.75. The van der Waals surface area contributed by atoms with Crippen LogP contribution in [0.15, 0.2) is 0 Å². The maximum Gasteiger partial charge on any atom is 0.406 e. The van der Waals surface area contributed by atoms with Crippen molar-refractivity contribution >= 4 is 16.0 Å².